The molecule has 0 aliphatic carbocycles. The predicted octanol–water partition coefficient (Wildman–Crippen LogP) is 4.72. The van der Waals surface area contributed by atoms with Gasteiger partial charge in [0.15, 0.2) is 0 Å². The van der Waals surface area contributed by atoms with E-state index in [1.807, 2.05) is 60.0 Å². The molecule has 2 aromatic carbocycles. The molecule has 0 saturated carbocycles. The number of ether oxygens (including phenoxy) is 2. The van der Waals surface area contributed by atoms with Crippen molar-refractivity contribution in [2.45, 2.75) is 6.61 Å². The van der Waals surface area contributed by atoms with Gasteiger partial charge in [0.1, 0.15) is 23.1 Å². The molecule has 0 unspecified atom stereocenters. The maximum Gasteiger partial charge on any atom is 0.357 e. The Morgan fingerprint density at radius 2 is 1.81 bits per heavy atom. The zero-order chi connectivity index (χ0) is 18.6. The Hall–Kier alpha value is -3.25. The first-order chi connectivity index (χ1) is 13.2. The lowest BCUT2D eigenvalue weighted by atomic mass is 10.2. The number of fused-ring (bicyclic) bond motifs is 1. The Morgan fingerprint density at radius 1 is 1.00 bits per heavy atom. The number of pyridine rings is 1. The Labute approximate surface area is 160 Å². The van der Waals surface area contributed by atoms with Gasteiger partial charge in [-0.3, -0.25) is 0 Å². The van der Waals surface area contributed by atoms with E-state index in [0.717, 1.165) is 27.2 Å². The van der Waals surface area contributed by atoms with Crippen LogP contribution >= 0.6 is 11.3 Å². The minimum atomic E-state index is -0.465. The number of methoxy groups -OCH3 is 1. The highest BCUT2D eigenvalue weighted by molar-refractivity contribution is 7.13. The molecule has 2 heterocycles. The summed E-state index contributed by atoms with van der Waals surface area (Å²) in [6.07, 6.45) is 0. The van der Waals surface area contributed by atoms with Crippen molar-refractivity contribution in [1.29, 1.82) is 0 Å². The van der Waals surface area contributed by atoms with E-state index in [9.17, 15) is 4.79 Å². The summed E-state index contributed by atoms with van der Waals surface area (Å²) in [4.78, 5) is 21.2. The molecule has 0 fully saturated rings. The van der Waals surface area contributed by atoms with Crippen LogP contribution in [-0.4, -0.2) is 23.0 Å². The van der Waals surface area contributed by atoms with Crippen molar-refractivity contribution in [2.24, 2.45) is 0 Å². The van der Waals surface area contributed by atoms with E-state index in [-0.39, 0.29) is 12.3 Å². The van der Waals surface area contributed by atoms with Crippen LogP contribution in [0.5, 0.6) is 5.75 Å². The van der Waals surface area contributed by atoms with Gasteiger partial charge in [0.05, 0.1) is 23.9 Å². The molecule has 0 N–H and O–H groups in total. The molecule has 4 rings (SSSR count). The molecule has 0 bridgehead atoms. The summed E-state index contributed by atoms with van der Waals surface area (Å²) in [5.41, 5.74) is 2.65. The first-order valence-electron chi connectivity index (χ1n) is 8.35. The molecular weight excluding hydrogens is 360 g/mol. The fourth-order valence-corrected chi connectivity index (χ4v) is 3.55. The fraction of sp³-hybridized carbons (Fsp3) is 0.0952. The van der Waals surface area contributed by atoms with Crippen molar-refractivity contribution in [3.05, 3.63) is 77.4 Å². The third-order valence-corrected chi connectivity index (χ3v) is 4.97. The lowest BCUT2D eigenvalue weighted by Crippen LogP contribution is -2.07. The van der Waals surface area contributed by atoms with Crippen molar-refractivity contribution in [1.82, 2.24) is 9.97 Å². The Morgan fingerprint density at radius 3 is 2.70 bits per heavy atom. The smallest absolute Gasteiger partial charge is 0.357 e. The van der Waals surface area contributed by atoms with Gasteiger partial charge in [0.25, 0.3) is 0 Å². The normalized spacial score (nSPS) is 10.7. The number of nitrogens with zero attached hydrogens (tertiary/aromatic N) is 2. The van der Waals surface area contributed by atoms with E-state index < -0.39 is 5.97 Å². The molecule has 27 heavy (non-hydrogen) atoms. The number of hydrogen-bond acceptors (Lipinski definition) is 6. The fourth-order valence-electron chi connectivity index (χ4n) is 2.71. The summed E-state index contributed by atoms with van der Waals surface area (Å²) >= 11 is 1.48. The summed E-state index contributed by atoms with van der Waals surface area (Å²) in [5.74, 6) is 0.295. The maximum atomic E-state index is 12.3. The first kappa shape index (κ1) is 17.2. The Balaban J connectivity index is 1.47. The first-order valence-corrected chi connectivity index (χ1v) is 9.23. The van der Waals surface area contributed by atoms with Crippen LogP contribution in [0.4, 0.5) is 0 Å². The molecule has 0 spiro atoms. The van der Waals surface area contributed by atoms with Crippen molar-refractivity contribution >= 4 is 28.2 Å². The van der Waals surface area contributed by atoms with Gasteiger partial charge in [-0.05, 0) is 24.3 Å². The second-order valence-electron chi connectivity index (χ2n) is 5.81. The van der Waals surface area contributed by atoms with E-state index >= 15 is 0 Å². The number of benzene rings is 2. The van der Waals surface area contributed by atoms with Crippen LogP contribution in [0, 0.1) is 0 Å². The summed E-state index contributed by atoms with van der Waals surface area (Å²) < 4.78 is 10.8. The van der Waals surface area contributed by atoms with E-state index in [2.05, 4.69) is 9.97 Å². The topological polar surface area (TPSA) is 61.3 Å². The van der Waals surface area contributed by atoms with Crippen molar-refractivity contribution in [3.63, 3.8) is 0 Å². The summed E-state index contributed by atoms with van der Waals surface area (Å²) in [6.45, 7) is 0.0962. The van der Waals surface area contributed by atoms with Gasteiger partial charge < -0.3 is 9.47 Å². The number of esters is 1. The monoisotopic (exact) mass is 376 g/mol. The zero-order valence-electron chi connectivity index (χ0n) is 14.6. The predicted molar refractivity (Wildman–Crippen MR) is 105 cm³/mol. The van der Waals surface area contributed by atoms with Gasteiger partial charge in [0.2, 0.25) is 0 Å². The molecular formula is C21H16N2O3S. The summed E-state index contributed by atoms with van der Waals surface area (Å²) in [6, 6.07) is 18.9. The molecule has 0 amide bonds. The summed E-state index contributed by atoms with van der Waals surface area (Å²) in [7, 11) is 1.63. The molecule has 0 atom stereocenters. The average molecular weight is 376 g/mol. The van der Waals surface area contributed by atoms with Crippen LogP contribution in [0.25, 0.3) is 21.5 Å². The molecule has 4 aromatic rings. The minimum Gasteiger partial charge on any atom is -0.496 e. The zero-order valence-corrected chi connectivity index (χ0v) is 15.4. The van der Waals surface area contributed by atoms with Crippen molar-refractivity contribution < 1.29 is 14.3 Å². The Bertz CT molecular complexity index is 1110. The highest BCUT2D eigenvalue weighted by atomic mass is 32.1. The summed E-state index contributed by atoms with van der Waals surface area (Å²) in [5, 5.41) is 3.68. The van der Waals surface area contributed by atoms with Crippen LogP contribution < -0.4 is 4.74 Å². The van der Waals surface area contributed by atoms with Gasteiger partial charge >= 0.3 is 5.97 Å². The van der Waals surface area contributed by atoms with Crippen LogP contribution in [0.2, 0.25) is 0 Å². The van der Waals surface area contributed by atoms with Crippen LogP contribution in [0.15, 0.2) is 66.0 Å². The van der Waals surface area contributed by atoms with Crippen LogP contribution in [0.1, 0.15) is 16.2 Å². The quantitative estimate of drug-likeness (QED) is 0.472. The van der Waals surface area contributed by atoms with E-state index in [1.54, 1.807) is 13.2 Å². The largest absolute Gasteiger partial charge is 0.496 e. The second kappa shape index (κ2) is 7.55. The third-order valence-electron chi connectivity index (χ3n) is 4.05. The van der Waals surface area contributed by atoms with E-state index in [0.29, 0.717) is 5.69 Å². The van der Waals surface area contributed by atoms with E-state index in [1.165, 1.54) is 11.3 Å². The highest BCUT2D eigenvalue weighted by Crippen LogP contribution is 2.32. The highest BCUT2D eigenvalue weighted by Gasteiger charge is 2.13. The molecule has 6 heteroatoms. The number of thiazole rings is 1. The number of hydrogen-bond donors (Lipinski definition) is 0. The van der Waals surface area contributed by atoms with Crippen molar-refractivity contribution in [2.75, 3.05) is 7.11 Å². The molecule has 134 valence electrons. The van der Waals surface area contributed by atoms with E-state index in [4.69, 9.17) is 9.47 Å². The number of carbonyl (C=O) groups is 1. The maximum absolute atomic E-state index is 12.3. The van der Waals surface area contributed by atoms with Gasteiger partial charge in [-0.2, -0.15) is 0 Å². The van der Waals surface area contributed by atoms with Gasteiger partial charge in [-0.25, -0.2) is 14.8 Å². The molecule has 0 aliphatic rings. The number of carbonyl (C=O) groups excluding carboxylic acids is 1. The SMILES string of the molecule is COc1ccccc1-c1nc(COC(=O)c2ccc3ccccc3n2)cs1. The number of aromatic nitrogens is 2. The minimum absolute atomic E-state index is 0.0962. The molecule has 2 aromatic heterocycles. The standard InChI is InChI=1S/C21H16N2O3S/c1-25-19-9-5-3-7-16(19)20-22-15(13-27-20)12-26-21(24)18-11-10-14-6-2-4-8-17(14)23-18/h2-11,13H,12H2,1H3. The van der Waals surface area contributed by atoms with Gasteiger partial charge in [-0.15, -0.1) is 11.3 Å². The van der Waals surface area contributed by atoms with Crippen molar-refractivity contribution in [3.8, 4) is 16.3 Å². The molecule has 0 radical (unpaired) electrons. The third kappa shape index (κ3) is 3.66. The van der Waals surface area contributed by atoms with Gasteiger partial charge in [0, 0.05) is 10.8 Å². The second-order valence-corrected chi connectivity index (χ2v) is 6.67. The molecule has 0 saturated heterocycles. The molecule has 0 aliphatic heterocycles. The van der Waals surface area contributed by atoms with Crippen LogP contribution in [-0.2, 0) is 11.3 Å². The molecule has 5 nitrogen and oxygen atoms in total. The number of para-hydroxylation sites is 2. The average Bonchev–Trinajstić information content (AvgIpc) is 3.20. The van der Waals surface area contributed by atoms with Crippen LogP contribution in [0.3, 0.4) is 0 Å². The number of rotatable bonds is 5. The Kier molecular flexibility index (Phi) is 4.80. The van der Waals surface area contributed by atoms with Gasteiger partial charge in [-0.1, -0.05) is 36.4 Å². The lowest BCUT2D eigenvalue weighted by molar-refractivity contribution is 0.0462. The lowest BCUT2D eigenvalue weighted by Gasteiger charge is -2.05.